The molecule has 0 saturated carbocycles. The second-order valence-corrected chi connectivity index (χ2v) is 5.78. The van der Waals surface area contributed by atoms with Crippen LogP contribution in [0.15, 0.2) is 11.6 Å². The molecule has 0 N–H and O–H groups in total. The zero-order chi connectivity index (χ0) is 12.9. The number of rotatable bonds is 2. The summed E-state index contributed by atoms with van der Waals surface area (Å²) < 4.78 is 3.88. The van der Waals surface area contributed by atoms with E-state index < -0.39 is 0 Å². The first kappa shape index (κ1) is 12.2. The van der Waals surface area contributed by atoms with Crippen LogP contribution in [0.5, 0.6) is 0 Å². The minimum Gasteiger partial charge on any atom is -0.292 e. The van der Waals surface area contributed by atoms with Crippen LogP contribution in [0.2, 0.25) is 5.02 Å². The number of halogens is 2. The molecular formula is C11H10BrClN4S. The third kappa shape index (κ3) is 1.63. The Morgan fingerprint density at radius 1 is 1.44 bits per heavy atom. The topological polar surface area (TPSA) is 35.1 Å². The van der Waals surface area contributed by atoms with E-state index in [1.54, 1.807) is 11.3 Å². The maximum atomic E-state index is 6.19. The summed E-state index contributed by atoms with van der Waals surface area (Å²) in [5.74, 6) is 0.839. The van der Waals surface area contributed by atoms with Gasteiger partial charge in [-0.3, -0.25) is 4.40 Å². The van der Waals surface area contributed by atoms with Crippen molar-refractivity contribution in [3.8, 4) is 5.82 Å². The van der Waals surface area contributed by atoms with E-state index in [1.165, 1.54) is 0 Å². The number of aryl methyl sites for hydroxylation is 1. The molecule has 3 aromatic heterocycles. The quantitative estimate of drug-likeness (QED) is 0.663. The van der Waals surface area contributed by atoms with Crippen molar-refractivity contribution in [2.45, 2.75) is 19.2 Å². The van der Waals surface area contributed by atoms with E-state index in [1.807, 2.05) is 30.1 Å². The van der Waals surface area contributed by atoms with Gasteiger partial charge >= 0.3 is 0 Å². The van der Waals surface area contributed by atoms with E-state index in [0.29, 0.717) is 5.02 Å². The minimum atomic E-state index is 0.701. The van der Waals surface area contributed by atoms with Gasteiger partial charge in [0.05, 0.1) is 22.1 Å². The molecule has 0 saturated heterocycles. The largest absolute Gasteiger partial charge is 0.292 e. The molecule has 3 heterocycles. The predicted octanol–water partition coefficient (Wildman–Crippen LogP) is 3.75. The van der Waals surface area contributed by atoms with E-state index in [4.69, 9.17) is 11.6 Å². The Morgan fingerprint density at radius 2 is 2.22 bits per heavy atom. The molecule has 4 nitrogen and oxygen atoms in total. The lowest BCUT2D eigenvalue weighted by molar-refractivity contribution is 0.804. The molecule has 3 aromatic rings. The number of thiazole rings is 1. The van der Waals surface area contributed by atoms with Crippen LogP contribution in [-0.2, 0) is 5.33 Å². The van der Waals surface area contributed by atoms with Gasteiger partial charge in [0.25, 0.3) is 0 Å². The van der Waals surface area contributed by atoms with Crippen molar-refractivity contribution in [2.24, 2.45) is 0 Å². The van der Waals surface area contributed by atoms with Gasteiger partial charge < -0.3 is 0 Å². The smallest absolute Gasteiger partial charge is 0.195 e. The first-order chi connectivity index (χ1) is 8.63. The lowest BCUT2D eigenvalue weighted by Gasteiger charge is -2.02. The van der Waals surface area contributed by atoms with Crippen molar-refractivity contribution in [1.82, 2.24) is 19.2 Å². The highest BCUT2D eigenvalue weighted by atomic mass is 79.9. The second-order valence-electron chi connectivity index (χ2n) is 3.97. The summed E-state index contributed by atoms with van der Waals surface area (Å²) in [5.41, 5.74) is 2.82. The number of hydrogen-bond acceptors (Lipinski definition) is 3. The number of alkyl halides is 1. The summed E-state index contributed by atoms with van der Waals surface area (Å²) in [6, 6.07) is 0. The Bertz CT molecular complexity index is 727. The predicted molar refractivity (Wildman–Crippen MR) is 77.3 cm³/mol. The molecule has 0 aliphatic carbocycles. The molecule has 0 spiro atoms. The number of nitrogens with zero attached hydrogens (tertiary/aromatic N) is 4. The lowest BCUT2D eigenvalue weighted by atomic mass is 10.4. The lowest BCUT2D eigenvalue weighted by Crippen LogP contribution is -2.03. The van der Waals surface area contributed by atoms with Crippen molar-refractivity contribution in [1.29, 1.82) is 0 Å². The fourth-order valence-corrected chi connectivity index (χ4v) is 3.31. The van der Waals surface area contributed by atoms with Crippen LogP contribution in [0.4, 0.5) is 0 Å². The van der Waals surface area contributed by atoms with Crippen LogP contribution in [0.1, 0.15) is 17.1 Å². The molecule has 94 valence electrons. The van der Waals surface area contributed by atoms with Crippen LogP contribution in [0.3, 0.4) is 0 Å². The van der Waals surface area contributed by atoms with Gasteiger partial charge in [-0.2, -0.15) is 10.1 Å². The van der Waals surface area contributed by atoms with Crippen molar-refractivity contribution >= 4 is 43.8 Å². The monoisotopic (exact) mass is 344 g/mol. The maximum absolute atomic E-state index is 6.19. The molecule has 0 fully saturated rings. The van der Waals surface area contributed by atoms with Crippen LogP contribution >= 0.6 is 38.9 Å². The first-order valence-corrected chi connectivity index (χ1v) is 7.74. The molecule has 0 amide bonds. The molecule has 0 bridgehead atoms. The summed E-state index contributed by atoms with van der Waals surface area (Å²) in [7, 11) is 0. The number of aromatic nitrogens is 4. The van der Waals surface area contributed by atoms with Crippen molar-refractivity contribution in [3.05, 3.63) is 33.7 Å². The van der Waals surface area contributed by atoms with Gasteiger partial charge in [0.2, 0.25) is 0 Å². The molecule has 0 aromatic carbocycles. The fraction of sp³-hybridized carbons (Fsp3) is 0.273. The average Bonchev–Trinajstić information content (AvgIpc) is 2.98. The SMILES string of the molecule is Cc1nn(-c2nc3sccn3c2CBr)c(C)c1Cl. The highest BCUT2D eigenvalue weighted by molar-refractivity contribution is 9.08. The van der Waals surface area contributed by atoms with Gasteiger partial charge in [0, 0.05) is 16.9 Å². The van der Waals surface area contributed by atoms with Crippen molar-refractivity contribution in [3.63, 3.8) is 0 Å². The van der Waals surface area contributed by atoms with E-state index >= 15 is 0 Å². The average molecular weight is 346 g/mol. The van der Waals surface area contributed by atoms with Gasteiger partial charge in [-0.05, 0) is 13.8 Å². The Labute approximate surface area is 121 Å². The van der Waals surface area contributed by atoms with Crippen LogP contribution in [0, 0.1) is 13.8 Å². The van der Waals surface area contributed by atoms with Gasteiger partial charge in [-0.15, -0.1) is 11.3 Å². The Balaban J connectivity index is 2.30. The van der Waals surface area contributed by atoms with Crippen molar-refractivity contribution in [2.75, 3.05) is 0 Å². The Hall–Kier alpha value is -0.850. The van der Waals surface area contributed by atoms with E-state index in [2.05, 4.69) is 30.4 Å². The molecule has 0 radical (unpaired) electrons. The fourth-order valence-electron chi connectivity index (χ4n) is 1.94. The van der Waals surface area contributed by atoms with Crippen molar-refractivity contribution < 1.29 is 0 Å². The van der Waals surface area contributed by atoms with Gasteiger partial charge in [-0.25, -0.2) is 4.68 Å². The minimum absolute atomic E-state index is 0.701. The van der Waals surface area contributed by atoms with E-state index in [9.17, 15) is 0 Å². The molecule has 0 aliphatic heterocycles. The molecule has 3 rings (SSSR count). The number of fused-ring (bicyclic) bond motifs is 1. The highest BCUT2D eigenvalue weighted by Crippen LogP contribution is 2.27. The first-order valence-electron chi connectivity index (χ1n) is 5.36. The van der Waals surface area contributed by atoms with Crippen LogP contribution in [-0.4, -0.2) is 19.2 Å². The van der Waals surface area contributed by atoms with Gasteiger partial charge in [-0.1, -0.05) is 27.5 Å². The second kappa shape index (κ2) is 4.36. The number of hydrogen-bond donors (Lipinski definition) is 0. The maximum Gasteiger partial charge on any atom is 0.195 e. The molecule has 0 aliphatic rings. The van der Waals surface area contributed by atoms with E-state index in [-0.39, 0.29) is 0 Å². The zero-order valence-corrected chi connectivity index (χ0v) is 13.0. The summed E-state index contributed by atoms with van der Waals surface area (Å²) in [6.07, 6.45) is 2.01. The third-order valence-electron chi connectivity index (χ3n) is 2.87. The number of imidazole rings is 1. The molecule has 7 heteroatoms. The summed E-state index contributed by atoms with van der Waals surface area (Å²) in [4.78, 5) is 5.58. The van der Waals surface area contributed by atoms with Crippen LogP contribution in [0.25, 0.3) is 10.8 Å². The molecular weight excluding hydrogens is 336 g/mol. The molecule has 18 heavy (non-hydrogen) atoms. The molecule has 0 unspecified atom stereocenters. The summed E-state index contributed by atoms with van der Waals surface area (Å²) in [6.45, 7) is 3.85. The van der Waals surface area contributed by atoms with Crippen LogP contribution < -0.4 is 0 Å². The third-order valence-corrected chi connectivity index (χ3v) is 4.70. The zero-order valence-electron chi connectivity index (χ0n) is 9.81. The Kier molecular flexibility index (Phi) is 2.96. The standard InChI is InChI=1S/C11H10BrClN4S/c1-6-9(13)7(2)17(15-6)10-8(5-12)16-3-4-18-11(16)14-10/h3-4H,5H2,1-2H3. The molecule has 0 atom stereocenters. The highest BCUT2D eigenvalue weighted by Gasteiger charge is 2.18. The van der Waals surface area contributed by atoms with E-state index in [0.717, 1.165) is 33.2 Å². The normalized spacial score (nSPS) is 11.6. The summed E-state index contributed by atoms with van der Waals surface area (Å²) in [5, 5.41) is 7.90. The van der Waals surface area contributed by atoms with Gasteiger partial charge in [0.15, 0.2) is 10.8 Å². The van der Waals surface area contributed by atoms with Gasteiger partial charge in [0.1, 0.15) is 0 Å². The summed E-state index contributed by atoms with van der Waals surface area (Å²) >= 11 is 11.3. The Morgan fingerprint density at radius 3 is 2.83 bits per heavy atom.